The molecule has 0 saturated heterocycles. The molecule has 0 amide bonds. The molecule has 5 heteroatoms. The maximum Gasteiger partial charge on any atom is 0.320 e. The number of carboxylic acid groups (broad SMARTS) is 1. The number of aromatic nitrogens is 1. The topological polar surface area (TPSA) is 74.2 Å². The Hall–Kier alpha value is -2.40. The van der Waals surface area contributed by atoms with Gasteiger partial charge in [-0.15, -0.1) is 0 Å². The first kappa shape index (κ1) is 22.3. The Morgan fingerprint density at radius 2 is 1.87 bits per heavy atom. The third kappa shape index (κ3) is 6.84. The number of aryl methyl sites for hydroxylation is 2. The van der Waals surface area contributed by atoms with E-state index in [1.165, 1.54) is 17.7 Å². The average Bonchev–Trinajstić information content (AvgIpc) is 2.77. The fourth-order valence-electron chi connectivity index (χ4n) is 4.11. The highest BCUT2D eigenvalue weighted by molar-refractivity contribution is 5.73. The molecule has 0 aliphatic carbocycles. The van der Waals surface area contributed by atoms with Crippen molar-refractivity contribution in [2.75, 3.05) is 11.9 Å². The van der Waals surface area contributed by atoms with E-state index < -0.39 is 12.0 Å². The van der Waals surface area contributed by atoms with Crippen LogP contribution in [0.15, 0.2) is 42.5 Å². The highest BCUT2D eigenvalue weighted by Gasteiger charge is 2.19. The highest BCUT2D eigenvalue weighted by Crippen LogP contribution is 2.21. The molecule has 2 heterocycles. The van der Waals surface area contributed by atoms with Crippen molar-refractivity contribution in [2.24, 2.45) is 0 Å². The number of hydrogen-bond acceptors (Lipinski definition) is 4. The Balaban J connectivity index is 1.31. The van der Waals surface area contributed by atoms with Crippen LogP contribution in [0.25, 0.3) is 0 Å². The normalized spacial score (nSPS) is 15.1. The van der Waals surface area contributed by atoms with Crippen molar-refractivity contribution in [3.8, 4) is 0 Å². The van der Waals surface area contributed by atoms with Crippen LogP contribution in [0.1, 0.15) is 74.7 Å². The fourth-order valence-corrected chi connectivity index (χ4v) is 4.11. The van der Waals surface area contributed by atoms with Crippen LogP contribution in [-0.4, -0.2) is 28.6 Å². The predicted molar refractivity (Wildman–Crippen MR) is 122 cm³/mol. The maximum absolute atomic E-state index is 11.6. The molecule has 162 valence electrons. The molecular formula is C25H35N3O2. The van der Waals surface area contributed by atoms with Crippen molar-refractivity contribution in [1.82, 2.24) is 10.3 Å². The van der Waals surface area contributed by atoms with Gasteiger partial charge in [0, 0.05) is 18.3 Å². The fraction of sp³-hybridized carbons (Fsp3) is 0.520. The van der Waals surface area contributed by atoms with E-state index in [0.29, 0.717) is 6.42 Å². The number of aliphatic carboxylic acids is 1. The van der Waals surface area contributed by atoms with E-state index in [2.05, 4.69) is 22.8 Å². The van der Waals surface area contributed by atoms with Gasteiger partial charge < -0.3 is 10.4 Å². The second-order valence-electron chi connectivity index (χ2n) is 8.34. The molecular weight excluding hydrogens is 374 g/mol. The zero-order valence-corrected chi connectivity index (χ0v) is 18.1. The van der Waals surface area contributed by atoms with E-state index in [1.54, 1.807) is 0 Å². The summed E-state index contributed by atoms with van der Waals surface area (Å²) in [6, 6.07) is 13.9. The molecule has 1 aromatic carbocycles. The van der Waals surface area contributed by atoms with Crippen LogP contribution < -0.4 is 10.6 Å². The van der Waals surface area contributed by atoms with Gasteiger partial charge in [-0.05, 0) is 56.2 Å². The molecule has 0 saturated carbocycles. The Morgan fingerprint density at radius 1 is 1.10 bits per heavy atom. The number of pyridine rings is 1. The van der Waals surface area contributed by atoms with Gasteiger partial charge in [-0.3, -0.25) is 10.1 Å². The van der Waals surface area contributed by atoms with Crippen LogP contribution in [0.5, 0.6) is 0 Å². The smallest absolute Gasteiger partial charge is 0.320 e. The van der Waals surface area contributed by atoms with Crippen molar-refractivity contribution in [3.05, 3.63) is 59.3 Å². The van der Waals surface area contributed by atoms with Gasteiger partial charge in [-0.1, -0.05) is 62.1 Å². The third-order valence-corrected chi connectivity index (χ3v) is 5.93. The maximum atomic E-state index is 11.6. The second kappa shape index (κ2) is 11.7. The van der Waals surface area contributed by atoms with Crippen molar-refractivity contribution >= 4 is 11.8 Å². The number of hydrogen-bond donors (Lipinski definition) is 3. The number of nitrogens with one attached hydrogen (secondary N) is 2. The van der Waals surface area contributed by atoms with E-state index in [0.717, 1.165) is 62.9 Å². The van der Waals surface area contributed by atoms with Gasteiger partial charge in [-0.25, -0.2) is 4.98 Å². The first-order valence-corrected chi connectivity index (χ1v) is 11.4. The summed E-state index contributed by atoms with van der Waals surface area (Å²) in [4.78, 5) is 16.4. The minimum absolute atomic E-state index is 0.0332. The van der Waals surface area contributed by atoms with Crippen molar-refractivity contribution in [2.45, 2.75) is 76.8 Å². The van der Waals surface area contributed by atoms with Crippen molar-refractivity contribution in [3.63, 3.8) is 0 Å². The number of anilines is 1. The molecule has 1 aliphatic heterocycles. The van der Waals surface area contributed by atoms with Gasteiger partial charge in [-0.2, -0.15) is 0 Å². The predicted octanol–water partition coefficient (Wildman–Crippen LogP) is 5.13. The molecule has 0 unspecified atom stereocenters. The molecule has 2 aromatic rings. The van der Waals surface area contributed by atoms with Crippen LogP contribution >= 0.6 is 0 Å². The Bertz CT molecular complexity index is 794. The minimum Gasteiger partial charge on any atom is -0.480 e. The number of rotatable bonds is 12. The van der Waals surface area contributed by atoms with Crippen molar-refractivity contribution in [1.29, 1.82) is 0 Å². The molecule has 0 bridgehead atoms. The van der Waals surface area contributed by atoms with Crippen LogP contribution in [0.2, 0.25) is 0 Å². The van der Waals surface area contributed by atoms with Gasteiger partial charge in [0.1, 0.15) is 11.9 Å². The summed E-state index contributed by atoms with van der Waals surface area (Å²) in [7, 11) is 0. The first-order valence-electron chi connectivity index (χ1n) is 11.4. The SMILES string of the molecule is C[C@H](N[C@@H](CCCCCCCc1ccc2c(n1)NCCC2)C(=O)O)c1ccccc1. The average molecular weight is 410 g/mol. The molecule has 1 aliphatic rings. The number of fused-ring (bicyclic) bond motifs is 1. The van der Waals surface area contributed by atoms with Crippen molar-refractivity contribution < 1.29 is 9.90 Å². The zero-order valence-electron chi connectivity index (χ0n) is 18.1. The molecule has 3 N–H and O–H groups in total. The monoisotopic (exact) mass is 409 g/mol. The van der Waals surface area contributed by atoms with E-state index in [-0.39, 0.29) is 6.04 Å². The summed E-state index contributed by atoms with van der Waals surface area (Å²) >= 11 is 0. The lowest BCUT2D eigenvalue weighted by molar-refractivity contribution is -0.139. The highest BCUT2D eigenvalue weighted by atomic mass is 16.4. The lowest BCUT2D eigenvalue weighted by Gasteiger charge is -2.20. The summed E-state index contributed by atoms with van der Waals surface area (Å²) in [5.41, 5.74) is 3.64. The van der Waals surface area contributed by atoms with Gasteiger partial charge in [0.05, 0.1) is 0 Å². The molecule has 0 fully saturated rings. The van der Waals surface area contributed by atoms with Crippen LogP contribution in [-0.2, 0) is 17.6 Å². The van der Waals surface area contributed by atoms with Gasteiger partial charge in [0.15, 0.2) is 0 Å². The van der Waals surface area contributed by atoms with Gasteiger partial charge in [0.2, 0.25) is 0 Å². The lowest BCUT2D eigenvalue weighted by atomic mass is 10.0. The standard InChI is InChI=1S/C25H35N3O2/c1-19(20-11-6-5-7-12-20)27-23(25(29)30)15-9-4-2-3-8-14-22-17-16-21-13-10-18-26-24(21)28-22/h5-7,11-12,16-17,19,23,27H,2-4,8-10,13-15,18H2,1H3,(H,26,28)(H,29,30)/t19-,23-/m0/s1. The minimum atomic E-state index is -0.759. The summed E-state index contributed by atoms with van der Waals surface area (Å²) in [6.45, 7) is 3.05. The van der Waals surface area contributed by atoms with E-state index in [9.17, 15) is 9.90 Å². The Morgan fingerprint density at radius 3 is 2.67 bits per heavy atom. The quantitative estimate of drug-likeness (QED) is 0.424. The summed E-state index contributed by atoms with van der Waals surface area (Å²) in [6.07, 6.45) is 9.46. The lowest BCUT2D eigenvalue weighted by Crippen LogP contribution is -2.38. The molecule has 1 aromatic heterocycles. The molecule has 2 atom stereocenters. The van der Waals surface area contributed by atoms with E-state index in [4.69, 9.17) is 4.98 Å². The molecule has 0 spiro atoms. The summed E-state index contributed by atoms with van der Waals surface area (Å²) in [5.74, 6) is 0.320. The summed E-state index contributed by atoms with van der Waals surface area (Å²) < 4.78 is 0. The third-order valence-electron chi connectivity index (χ3n) is 5.93. The number of carboxylic acids is 1. The Labute approximate surface area is 180 Å². The molecule has 0 radical (unpaired) electrons. The molecule has 3 rings (SSSR count). The molecule has 30 heavy (non-hydrogen) atoms. The summed E-state index contributed by atoms with van der Waals surface area (Å²) in [5, 5.41) is 16.2. The number of benzene rings is 1. The largest absolute Gasteiger partial charge is 0.480 e. The zero-order chi connectivity index (χ0) is 21.2. The van der Waals surface area contributed by atoms with E-state index in [1.807, 2.05) is 37.3 Å². The number of unbranched alkanes of at least 4 members (excludes halogenated alkanes) is 4. The Kier molecular flexibility index (Phi) is 8.69. The van der Waals surface area contributed by atoms with Crippen LogP contribution in [0.4, 0.5) is 5.82 Å². The first-order chi connectivity index (χ1) is 14.6. The molecule has 5 nitrogen and oxygen atoms in total. The van der Waals surface area contributed by atoms with Crippen LogP contribution in [0.3, 0.4) is 0 Å². The van der Waals surface area contributed by atoms with Gasteiger partial charge >= 0.3 is 5.97 Å². The number of carbonyl (C=O) groups is 1. The second-order valence-corrected chi connectivity index (χ2v) is 8.34. The van der Waals surface area contributed by atoms with Crippen LogP contribution in [0, 0.1) is 0 Å². The van der Waals surface area contributed by atoms with Gasteiger partial charge in [0.25, 0.3) is 0 Å². The van der Waals surface area contributed by atoms with E-state index >= 15 is 0 Å². The number of nitrogens with zero attached hydrogens (tertiary/aromatic N) is 1.